The van der Waals surface area contributed by atoms with Gasteiger partial charge in [-0.1, -0.05) is 25.8 Å². The van der Waals surface area contributed by atoms with Crippen molar-refractivity contribution in [1.82, 2.24) is 4.98 Å². The molecule has 0 aromatic carbocycles. The molecule has 0 spiro atoms. The summed E-state index contributed by atoms with van der Waals surface area (Å²) in [6.45, 7) is 4.31. The number of carbonyl (C=O) groups is 1. The van der Waals surface area contributed by atoms with Gasteiger partial charge in [-0.3, -0.25) is 0 Å². The molecule has 1 rings (SSSR count). The number of rotatable bonds is 7. The third kappa shape index (κ3) is 4.49. The standard InChI is InChI=1S/C13H20N2O2S/c1-3-5-6-7-8-10(12(16)17-4-2)11-9-18-13(14)15-11/h8-9H,3-7H2,1-2H3,(H2,14,15)/b10-8-. The third-order valence-corrected chi connectivity index (χ3v) is 3.12. The van der Waals surface area contributed by atoms with E-state index in [9.17, 15) is 4.79 Å². The fourth-order valence-electron chi connectivity index (χ4n) is 1.55. The van der Waals surface area contributed by atoms with Crippen LogP contribution in [0.2, 0.25) is 0 Å². The molecule has 0 saturated carbocycles. The smallest absolute Gasteiger partial charge is 0.340 e. The summed E-state index contributed by atoms with van der Waals surface area (Å²) in [4.78, 5) is 16.0. The van der Waals surface area contributed by atoms with Crippen LogP contribution in [-0.4, -0.2) is 17.6 Å². The van der Waals surface area contributed by atoms with Crippen molar-refractivity contribution in [2.75, 3.05) is 12.3 Å². The average molecular weight is 268 g/mol. The number of nitrogens with zero attached hydrogens (tertiary/aromatic N) is 1. The van der Waals surface area contributed by atoms with Crippen LogP contribution in [0.1, 0.15) is 45.2 Å². The summed E-state index contributed by atoms with van der Waals surface area (Å²) in [5.41, 5.74) is 6.74. The van der Waals surface area contributed by atoms with Gasteiger partial charge < -0.3 is 10.5 Å². The van der Waals surface area contributed by atoms with Crippen LogP contribution in [-0.2, 0) is 9.53 Å². The molecule has 2 N–H and O–H groups in total. The second-order valence-corrected chi connectivity index (χ2v) is 4.79. The molecule has 0 bridgehead atoms. The minimum atomic E-state index is -0.320. The third-order valence-electron chi connectivity index (χ3n) is 2.45. The van der Waals surface area contributed by atoms with Gasteiger partial charge in [0.2, 0.25) is 0 Å². The zero-order valence-corrected chi connectivity index (χ0v) is 11.8. The molecule has 0 fully saturated rings. The van der Waals surface area contributed by atoms with Crippen LogP contribution in [0.15, 0.2) is 11.5 Å². The van der Waals surface area contributed by atoms with Crippen molar-refractivity contribution in [3.63, 3.8) is 0 Å². The largest absolute Gasteiger partial charge is 0.462 e. The molecule has 0 saturated heterocycles. The van der Waals surface area contributed by atoms with E-state index in [-0.39, 0.29) is 5.97 Å². The first-order valence-electron chi connectivity index (χ1n) is 6.27. The van der Waals surface area contributed by atoms with Gasteiger partial charge in [0.15, 0.2) is 5.13 Å². The van der Waals surface area contributed by atoms with E-state index in [0.717, 1.165) is 25.7 Å². The molecule has 0 aliphatic carbocycles. The number of hydrogen-bond acceptors (Lipinski definition) is 5. The van der Waals surface area contributed by atoms with Crippen molar-refractivity contribution >= 4 is 28.0 Å². The van der Waals surface area contributed by atoms with Crippen LogP contribution in [0.4, 0.5) is 5.13 Å². The molecule has 0 radical (unpaired) electrons. The lowest BCUT2D eigenvalue weighted by molar-refractivity contribution is -0.136. The molecule has 1 aromatic rings. The maximum Gasteiger partial charge on any atom is 0.340 e. The molecule has 18 heavy (non-hydrogen) atoms. The molecule has 1 aromatic heterocycles. The van der Waals surface area contributed by atoms with E-state index in [0.29, 0.717) is 23.0 Å². The molecule has 4 nitrogen and oxygen atoms in total. The Morgan fingerprint density at radius 1 is 1.50 bits per heavy atom. The molecule has 0 unspecified atom stereocenters. The highest BCUT2D eigenvalue weighted by Crippen LogP contribution is 2.21. The number of anilines is 1. The first kappa shape index (κ1) is 14.7. The van der Waals surface area contributed by atoms with Crippen molar-refractivity contribution < 1.29 is 9.53 Å². The molecular formula is C13H20N2O2S. The summed E-state index contributed by atoms with van der Waals surface area (Å²) in [5.74, 6) is -0.320. The van der Waals surface area contributed by atoms with E-state index in [1.54, 1.807) is 12.3 Å². The van der Waals surface area contributed by atoms with Gasteiger partial charge in [-0.15, -0.1) is 11.3 Å². The fraction of sp³-hybridized carbons (Fsp3) is 0.538. The Labute approximate surface area is 112 Å². The Balaban J connectivity index is 2.78. The maximum absolute atomic E-state index is 11.8. The van der Waals surface area contributed by atoms with Gasteiger partial charge in [-0.25, -0.2) is 9.78 Å². The number of aromatic nitrogens is 1. The highest BCUT2D eigenvalue weighted by atomic mass is 32.1. The monoisotopic (exact) mass is 268 g/mol. The molecule has 0 aliphatic heterocycles. The van der Waals surface area contributed by atoms with Crippen molar-refractivity contribution in [3.8, 4) is 0 Å². The van der Waals surface area contributed by atoms with E-state index in [4.69, 9.17) is 10.5 Å². The number of unbranched alkanes of at least 4 members (excludes halogenated alkanes) is 3. The van der Waals surface area contributed by atoms with Crippen LogP contribution in [0.3, 0.4) is 0 Å². The lowest BCUT2D eigenvalue weighted by atomic mass is 10.1. The van der Waals surface area contributed by atoms with Gasteiger partial charge in [0, 0.05) is 5.38 Å². The van der Waals surface area contributed by atoms with Gasteiger partial charge >= 0.3 is 5.97 Å². The zero-order chi connectivity index (χ0) is 13.4. The molecular weight excluding hydrogens is 248 g/mol. The van der Waals surface area contributed by atoms with Crippen molar-refractivity contribution in [1.29, 1.82) is 0 Å². The molecule has 0 atom stereocenters. The highest BCUT2D eigenvalue weighted by molar-refractivity contribution is 7.13. The van der Waals surface area contributed by atoms with Crippen LogP contribution in [0.5, 0.6) is 0 Å². The number of nitrogens with two attached hydrogens (primary N) is 1. The Morgan fingerprint density at radius 3 is 2.83 bits per heavy atom. The van der Waals surface area contributed by atoms with Gasteiger partial charge in [0.1, 0.15) is 0 Å². The van der Waals surface area contributed by atoms with Crippen LogP contribution < -0.4 is 5.73 Å². The van der Waals surface area contributed by atoms with E-state index < -0.39 is 0 Å². The SMILES string of the molecule is CCCCC/C=C(\C(=O)OCC)c1csc(N)n1. The van der Waals surface area contributed by atoms with E-state index in [1.165, 1.54) is 11.3 Å². The summed E-state index contributed by atoms with van der Waals surface area (Å²) < 4.78 is 5.04. The minimum Gasteiger partial charge on any atom is -0.462 e. The summed E-state index contributed by atoms with van der Waals surface area (Å²) in [6.07, 6.45) is 6.15. The number of thiazole rings is 1. The highest BCUT2D eigenvalue weighted by Gasteiger charge is 2.15. The first-order chi connectivity index (χ1) is 8.69. The number of allylic oxidation sites excluding steroid dienone is 1. The number of esters is 1. The topological polar surface area (TPSA) is 65.2 Å². The summed E-state index contributed by atoms with van der Waals surface area (Å²) in [5, 5.41) is 2.26. The van der Waals surface area contributed by atoms with Gasteiger partial charge in [0.05, 0.1) is 17.9 Å². The van der Waals surface area contributed by atoms with Crippen LogP contribution in [0.25, 0.3) is 5.57 Å². The lowest BCUT2D eigenvalue weighted by Gasteiger charge is -2.04. The number of ether oxygens (including phenoxy) is 1. The first-order valence-corrected chi connectivity index (χ1v) is 7.15. The number of carbonyl (C=O) groups excluding carboxylic acids is 1. The van der Waals surface area contributed by atoms with Crippen LogP contribution in [0, 0.1) is 0 Å². The lowest BCUT2D eigenvalue weighted by Crippen LogP contribution is -2.07. The zero-order valence-electron chi connectivity index (χ0n) is 10.9. The number of hydrogen-bond donors (Lipinski definition) is 1. The van der Waals surface area contributed by atoms with Crippen molar-refractivity contribution in [2.24, 2.45) is 0 Å². The Morgan fingerprint density at radius 2 is 2.28 bits per heavy atom. The second-order valence-electron chi connectivity index (χ2n) is 3.91. The average Bonchev–Trinajstić information content (AvgIpc) is 2.76. The summed E-state index contributed by atoms with van der Waals surface area (Å²) >= 11 is 1.33. The predicted molar refractivity (Wildman–Crippen MR) is 75.3 cm³/mol. The van der Waals surface area contributed by atoms with E-state index in [1.807, 2.05) is 6.08 Å². The van der Waals surface area contributed by atoms with Crippen molar-refractivity contribution in [3.05, 3.63) is 17.2 Å². The van der Waals surface area contributed by atoms with Gasteiger partial charge in [-0.2, -0.15) is 0 Å². The molecule has 5 heteroatoms. The Hall–Kier alpha value is -1.36. The van der Waals surface area contributed by atoms with Crippen molar-refractivity contribution in [2.45, 2.75) is 39.5 Å². The predicted octanol–water partition coefficient (Wildman–Crippen LogP) is 3.25. The number of nitrogen functional groups attached to an aromatic ring is 1. The Bertz CT molecular complexity index is 413. The molecule has 1 heterocycles. The summed E-state index contributed by atoms with van der Waals surface area (Å²) in [6, 6.07) is 0. The minimum absolute atomic E-state index is 0.320. The second kappa shape index (κ2) is 7.87. The molecule has 0 aliphatic rings. The normalized spacial score (nSPS) is 11.6. The maximum atomic E-state index is 11.8. The molecule has 0 amide bonds. The van der Waals surface area contributed by atoms with E-state index >= 15 is 0 Å². The fourth-order valence-corrected chi connectivity index (χ4v) is 2.12. The van der Waals surface area contributed by atoms with Gasteiger partial charge in [0.25, 0.3) is 0 Å². The molecule has 100 valence electrons. The Kier molecular flexibility index (Phi) is 6.43. The van der Waals surface area contributed by atoms with E-state index in [2.05, 4.69) is 11.9 Å². The van der Waals surface area contributed by atoms with Gasteiger partial charge in [-0.05, 0) is 19.8 Å². The summed E-state index contributed by atoms with van der Waals surface area (Å²) in [7, 11) is 0. The van der Waals surface area contributed by atoms with Crippen LogP contribution >= 0.6 is 11.3 Å². The quantitative estimate of drug-likeness (QED) is 0.468.